The SMILES string of the molecule is C=C1C(=O)c2cc(NS(C)(=O)=O)ccc2OC12CCNCC2. The number of nitrogens with one attached hydrogen (secondary N) is 2. The van der Waals surface area contributed by atoms with E-state index in [-0.39, 0.29) is 5.78 Å². The first-order chi connectivity index (χ1) is 10.3. The van der Waals surface area contributed by atoms with Gasteiger partial charge in [0.05, 0.1) is 11.8 Å². The van der Waals surface area contributed by atoms with Crippen molar-refractivity contribution in [2.24, 2.45) is 0 Å². The number of ether oxygens (including phenoxy) is 1. The van der Waals surface area contributed by atoms with E-state index in [1.165, 1.54) is 6.07 Å². The molecule has 22 heavy (non-hydrogen) atoms. The van der Waals surface area contributed by atoms with Crippen LogP contribution in [-0.4, -0.2) is 39.1 Å². The van der Waals surface area contributed by atoms with Crippen molar-refractivity contribution in [3.63, 3.8) is 0 Å². The Labute approximate surface area is 129 Å². The molecule has 0 amide bonds. The maximum atomic E-state index is 12.6. The van der Waals surface area contributed by atoms with Gasteiger partial charge in [-0.3, -0.25) is 9.52 Å². The Balaban J connectivity index is 1.99. The van der Waals surface area contributed by atoms with Crippen LogP contribution in [-0.2, 0) is 10.0 Å². The van der Waals surface area contributed by atoms with Crippen LogP contribution in [0, 0.1) is 0 Å². The van der Waals surface area contributed by atoms with E-state index in [0.29, 0.717) is 35.4 Å². The van der Waals surface area contributed by atoms with Gasteiger partial charge in [-0.2, -0.15) is 0 Å². The number of carbonyl (C=O) groups is 1. The molecule has 2 heterocycles. The molecule has 0 bridgehead atoms. The predicted molar refractivity (Wildman–Crippen MR) is 83.8 cm³/mol. The van der Waals surface area contributed by atoms with Gasteiger partial charge in [-0.1, -0.05) is 6.58 Å². The highest BCUT2D eigenvalue weighted by Crippen LogP contribution is 2.41. The highest BCUT2D eigenvalue weighted by molar-refractivity contribution is 7.92. The summed E-state index contributed by atoms with van der Waals surface area (Å²) in [4.78, 5) is 12.6. The van der Waals surface area contributed by atoms with Gasteiger partial charge in [0.1, 0.15) is 11.4 Å². The minimum Gasteiger partial charge on any atom is -0.482 e. The Morgan fingerprint density at radius 2 is 2.00 bits per heavy atom. The van der Waals surface area contributed by atoms with Crippen molar-refractivity contribution in [2.75, 3.05) is 24.1 Å². The van der Waals surface area contributed by atoms with Crippen molar-refractivity contribution in [3.8, 4) is 5.75 Å². The molecule has 3 rings (SSSR count). The van der Waals surface area contributed by atoms with Crippen molar-refractivity contribution in [3.05, 3.63) is 35.9 Å². The Morgan fingerprint density at radius 1 is 1.32 bits per heavy atom. The highest BCUT2D eigenvalue weighted by atomic mass is 32.2. The lowest BCUT2D eigenvalue weighted by Gasteiger charge is -2.42. The van der Waals surface area contributed by atoms with E-state index in [1.54, 1.807) is 12.1 Å². The van der Waals surface area contributed by atoms with Gasteiger partial charge in [-0.15, -0.1) is 0 Å². The zero-order chi connectivity index (χ0) is 16.0. The lowest BCUT2D eigenvalue weighted by atomic mass is 9.79. The highest BCUT2D eigenvalue weighted by Gasteiger charge is 2.44. The molecule has 0 saturated carbocycles. The Kier molecular flexibility index (Phi) is 3.49. The molecule has 118 valence electrons. The number of carbonyl (C=O) groups excluding carboxylic acids is 1. The molecule has 7 heteroatoms. The zero-order valence-corrected chi connectivity index (χ0v) is 13.1. The fourth-order valence-electron chi connectivity index (χ4n) is 2.95. The first-order valence-corrected chi connectivity index (χ1v) is 8.96. The molecule has 1 aromatic carbocycles. The number of Topliss-reactive ketones (excluding diaryl/α,β-unsaturated/α-hetero) is 1. The summed E-state index contributed by atoms with van der Waals surface area (Å²) in [6.45, 7) is 5.48. The van der Waals surface area contributed by atoms with E-state index in [9.17, 15) is 13.2 Å². The number of anilines is 1. The maximum absolute atomic E-state index is 12.6. The number of fused-ring (bicyclic) bond motifs is 1. The number of benzene rings is 1. The summed E-state index contributed by atoms with van der Waals surface area (Å²) >= 11 is 0. The third kappa shape index (κ3) is 2.62. The smallest absolute Gasteiger partial charge is 0.229 e. The van der Waals surface area contributed by atoms with E-state index in [1.807, 2.05) is 0 Å². The molecule has 1 spiro atoms. The fourth-order valence-corrected chi connectivity index (χ4v) is 3.51. The number of piperidine rings is 1. The Morgan fingerprint density at radius 3 is 2.64 bits per heavy atom. The fraction of sp³-hybridized carbons (Fsp3) is 0.400. The van der Waals surface area contributed by atoms with Crippen molar-refractivity contribution in [1.29, 1.82) is 0 Å². The van der Waals surface area contributed by atoms with Gasteiger partial charge >= 0.3 is 0 Å². The molecule has 2 N–H and O–H groups in total. The zero-order valence-electron chi connectivity index (χ0n) is 12.3. The molecule has 1 saturated heterocycles. The molecule has 6 nitrogen and oxygen atoms in total. The molecule has 1 aromatic rings. The van der Waals surface area contributed by atoms with Crippen LogP contribution >= 0.6 is 0 Å². The molecule has 1 fully saturated rings. The van der Waals surface area contributed by atoms with Crippen LogP contribution in [0.1, 0.15) is 23.2 Å². The molecule has 0 atom stereocenters. The molecular weight excluding hydrogens is 304 g/mol. The summed E-state index contributed by atoms with van der Waals surface area (Å²) in [6.07, 6.45) is 2.45. The average Bonchev–Trinajstić information content (AvgIpc) is 2.45. The van der Waals surface area contributed by atoms with Crippen molar-refractivity contribution >= 4 is 21.5 Å². The average molecular weight is 322 g/mol. The monoisotopic (exact) mass is 322 g/mol. The molecule has 2 aliphatic heterocycles. The second kappa shape index (κ2) is 5.10. The standard InChI is InChI=1S/C15H18N2O4S/c1-10-14(18)12-9-11(17-22(2,19)20)3-4-13(12)21-15(10)5-7-16-8-6-15/h3-4,9,16-17H,1,5-8H2,2H3. The Bertz CT molecular complexity index is 749. The number of hydrogen-bond acceptors (Lipinski definition) is 5. The molecule has 0 aromatic heterocycles. The van der Waals surface area contributed by atoms with Crippen molar-refractivity contribution in [2.45, 2.75) is 18.4 Å². The minimum atomic E-state index is -3.39. The topological polar surface area (TPSA) is 84.5 Å². The first-order valence-electron chi connectivity index (χ1n) is 7.06. The summed E-state index contributed by atoms with van der Waals surface area (Å²) in [5.74, 6) is 0.304. The Hall–Kier alpha value is -1.86. The second-order valence-corrected chi connectivity index (χ2v) is 7.49. The molecular formula is C15H18N2O4S. The molecule has 0 aliphatic carbocycles. The van der Waals surface area contributed by atoms with Gasteiger partial charge in [0.2, 0.25) is 10.0 Å². The lowest BCUT2D eigenvalue weighted by Crippen LogP contribution is -2.51. The number of hydrogen-bond donors (Lipinski definition) is 2. The first kappa shape index (κ1) is 15.1. The summed E-state index contributed by atoms with van der Waals surface area (Å²) in [5.41, 5.74) is 0.495. The van der Waals surface area contributed by atoms with Gasteiger partial charge in [0.15, 0.2) is 5.78 Å². The number of rotatable bonds is 2. The van der Waals surface area contributed by atoms with Crippen molar-refractivity contribution in [1.82, 2.24) is 5.32 Å². The largest absolute Gasteiger partial charge is 0.482 e. The van der Waals surface area contributed by atoms with E-state index >= 15 is 0 Å². The van der Waals surface area contributed by atoms with E-state index in [2.05, 4.69) is 16.6 Å². The predicted octanol–water partition coefficient (Wildman–Crippen LogP) is 1.31. The molecule has 0 unspecified atom stereocenters. The number of ketones is 1. The summed E-state index contributed by atoms with van der Waals surface area (Å²) in [5, 5.41) is 3.24. The normalized spacial score (nSPS) is 20.4. The van der Waals surface area contributed by atoms with E-state index in [4.69, 9.17) is 4.74 Å². The van der Waals surface area contributed by atoms with Gasteiger partial charge in [0, 0.05) is 24.1 Å². The maximum Gasteiger partial charge on any atom is 0.229 e. The number of sulfonamides is 1. The van der Waals surface area contributed by atoms with Crippen LogP contribution in [0.4, 0.5) is 5.69 Å². The van der Waals surface area contributed by atoms with E-state index in [0.717, 1.165) is 19.3 Å². The lowest BCUT2D eigenvalue weighted by molar-refractivity contribution is 0.0542. The third-order valence-electron chi connectivity index (χ3n) is 4.07. The minimum absolute atomic E-state index is 0.180. The molecule has 0 radical (unpaired) electrons. The van der Waals surface area contributed by atoms with Crippen LogP contribution in [0.2, 0.25) is 0 Å². The summed E-state index contributed by atoms with van der Waals surface area (Å²) in [7, 11) is -3.39. The third-order valence-corrected chi connectivity index (χ3v) is 4.67. The summed E-state index contributed by atoms with van der Waals surface area (Å²) in [6, 6.07) is 4.73. The van der Waals surface area contributed by atoms with E-state index < -0.39 is 15.6 Å². The second-order valence-electron chi connectivity index (χ2n) is 5.74. The quantitative estimate of drug-likeness (QED) is 0.802. The van der Waals surface area contributed by atoms with Crippen LogP contribution in [0.3, 0.4) is 0 Å². The van der Waals surface area contributed by atoms with Crippen LogP contribution < -0.4 is 14.8 Å². The van der Waals surface area contributed by atoms with Crippen LogP contribution in [0.5, 0.6) is 5.75 Å². The van der Waals surface area contributed by atoms with Crippen LogP contribution in [0.15, 0.2) is 30.4 Å². The van der Waals surface area contributed by atoms with Crippen molar-refractivity contribution < 1.29 is 17.9 Å². The summed E-state index contributed by atoms with van der Waals surface area (Å²) < 4.78 is 31.1. The van der Waals surface area contributed by atoms with Gasteiger partial charge in [-0.05, 0) is 31.3 Å². The van der Waals surface area contributed by atoms with Gasteiger partial charge in [-0.25, -0.2) is 8.42 Å². The molecule has 2 aliphatic rings. The van der Waals surface area contributed by atoms with Gasteiger partial charge < -0.3 is 10.1 Å². The van der Waals surface area contributed by atoms with Gasteiger partial charge in [0.25, 0.3) is 0 Å². The van der Waals surface area contributed by atoms with Crippen LogP contribution in [0.25, 0.3) is 0 Å².